The lowest BCUT2D eigenvalue weighted by molar-refractivity contribution is 0.0444. The average Bonchev–Trinajstić information content (AvgIpc) is 2.90. The second kappa shape index (κ2) is 8.13. The maximum absolute atomic E-state index is 11.9. The van der Waals surface area contributed by atoms with Crippen LogP contribution in [-0.4, -0.2) is 42.2 Å². The summed E-state index contributed by atoms with van der Waals surface area (Å²) in [5, 5.41) is 7.42. The first-order valence-electron chi connectivity index (χ1n) is 7.73. The van der Waals surface area contributed by atoms with E-state index in [0.717, 1.165) is 0 Å². The van der Waals surface area contributed by atoms with Crippen molar-refractivity contribution in [1.29, 1.82) is 0 Å². The minimum absolute atomic E-state index is 0.0688. The van der Waals surface area contributed by atoms with E-state index in [0.29, 0.717) is 16.0 Å². The van der Waals surface area contributed by atoms with Crippen LogP contribution < -0.4 is 15.8 Å². The summed E-state index contributed by atoms with van der Waals surface area (Å²) >= 11 is 5.96. The number of hydrogen-bond acceptors (Lipinski definition) is 7. The normalized spacial score (nSPS) is 12.5. The topological polar surface area (TPSA) is 126 Å². The molecule has 3 N–H and O–H groups in total. The number of benzene rings is 1. The van der Waals surface area contributed by atoms with Gasteiger partial charge in [-0.3, -0.25) is 0 Å². The molecule has 1 unspecified atom stereocenters. The first kappa shape index (κ1) is 19.6. The molecule has 2 amide bonds. The predicted octanol–water partition coefficient (Wildman–Crippen LogP) is 2.85. The van der Waals surface area contributed by atoms with Gasteiger partial charge in [0.15, 0.2) is 5.58 Å². The minimum atomic E-state index is -0.973. The molecule has 0 fully saturated rings. The zero-order chi connectivity index (χ0) is 19.3. The molecule has 0 aliphatic rings. The smallest absolute Gasteiger partial charge is 0.408 e. The van der Waals surface area contributed by atoms with E-state index in [1.165, 1.54) is 0 Å². The lowest BCUT2D eigenvalue weighted by Gasteiger charge is -2.23. The number of carbonyl (C=O) groups is 2. The van der Waals surface area contributed by atoms with Crippen LogP contribution >= 0.6 is 11.6 Å². The zero-order valence-corrected chi connectivity index (χ0v) is 15.3. The van der Waals surface area contributed by atoms with Crippen LogP contribution in [0.2, 0.25) is 5.02 Å². The third kappa shape index (κ3) is 5.99. The fourth-order valence-corrected chi connectivity index (χ4v) is 2.13. The molecule has 26 heavy (non-hydrogen) atoms. The largest absolute Gasteiger partial charge is 0.473 e. The van der Waals surface area contributed by atoms with E-state index in [1.807, 2.05) is 0 Å². The summed E-state index contributed by atoms with van der Waals surface area (Å²) in [4.78, 5) is 22.8. The van der Waals surface area contributed by atoms with Gasteiger partial charge in [0.25, 0.3) is 5.88 Å². The Kier molecular flexibility index (Phi) is 6.14. The lowest BCUT2D eigenvalue weighted by Crippen LogP contribution is -2.45. The number of primary amides is 1. The third-order valence-corrected chi connectivity index (χ3v) is 3.20. The Labute approximate surface area is 154 Å². The summed E-state index contributed by atoms with van der Waals surface area (Å²) in [6, 6.07) is 4.23. The van der Waals surface area contributed by atoms with Crippen molar-refractivity contribution in [3.8, 4) is 5.88 Å². The predicted molar refractivity (Wildman–Crippen MR) is 93.2 cm³/mol. The van der Waals surface area contributed by atoms with Crippen LogP contribution in [0.25, 0.3) is 11.0 Å². The summed E-state index contributed by atoms with van der Waals surface area (Å²) in [6.07, 6.45) is -1.66. The fraction of sp³-hybridized carbons (Fsp3) is 0.438. The van der Waals surface area contributed by atoms with Crippen molar-refractivity contribution >= 4 is 34.8 Å². The monoisotopic (exact) mass is 385 g/mol. The third-order valence-electron chi connectivity index (χ3n) is 2.97. The van der Waals surface area contributed by atoms with Crippen molar-refractivity contribution < 1.29 is 28.3 Å². The van der Waals surface area contributed by atoms with Crippen LogP contribution in [0.3, 0.4) is 0 Å². The first-order chi connectivity index (χ1) is 12.1. The van der Waals surface area contributed by atoms with Gasteiger partial charge in [-0.1, -0.05) is 11.6 Å². The molecular weight excluding hydrogens is 366 g/mol. The quantitative estimate of drug-likeness (QED) is 0.782. The summed E-state index contributed by atoms with van der Waals surface area (Å²) in [6.45, 7) is 4.90. The molecule has 1 aromatic carbocycles. The molecule has 0 aliphatic heterocycles. The molecule has 0 spiro atoms. The van der Waals surface area contributed by atoms with Crippen molar-refractivity contribution in [2.75, 3.05) is 13.2 Å². The second-order valence-corrected chi connectivity index (χ2v) is 6.85. The number of alkyl carbamates (subject to hydrolysis) is 1. The number of ether oxygens (including phenoxy) is 3. The molecular formula is C16H20ClN3O6. The van der Waals surface area contributed by atoms with E-state index in [1.54, 1.807) is 39.0 Å². The average molecular weight is 386 g/mol. The number of fused-ring (bicyclic) bond motifs is 1. The number of aromatic nitrogens is 1. The highest BCUT2D eigenvalue weighted by atomic mass is 35.5. The Morgan fingerprint density at radius 1 is 1.35 bits per heavy atom. The van der Waals surface area contributed by atoms with Gasteiger partial charge in [-0.25, -0.2) is 9.59 Å². The maximum Gasteiger partial charge on any atom is 0.408 e. The van der Waals surface area contributed by atoms with Gasteiger partial charge in [0.1, 0.15) is 24.9 Å². The summed E-state index contributed by atoms with van der Waals surface area (Å²) in [5.74, 6) is 0.192. The Bertz CT molecular complexity index is 786. The molecule has 1 aromatic heterocycles. The number of amides is 2. The van der Waals surface area contributed by atoms with E-state index in [-0.39, 0.29) is 19.1 Å². The molecule has 2 aromatic rings. The SMILES string of the molecule is CC(C)(C)OC(=O)NC(COC(N)=O)COc1noc2ccc(Cl)cc12. The van der Waals surface area contributed by atoms with Gasteiger partial charge in [-0.15, -0.1) is 0 Å². The number of nitrogens with one attached hydrogen (secondary N) is 1. The van der Waals surface area contributed by atoms with Gasteiger partial charge >= 0.3 is 12.2 Å². The zero-order valence-electron chi connectivity index (χ0n) is 14.6. The van der Waals surface area contributed by atoms with Gasteiger partial charge in [-0.05, 0) is 44.1 Å². The van der Waals surface area contributed by atoms with Crippen molar-refractivity contribution in [3.05, 3.63) is 23.2 Å². The van der Waals surface area contributed by atoms with E-state index in [2.05, 4.69) is 10.5 Å². The van der Waals surface area contributed by atoms with Crippen molar-refractivity contribution in [3.63, 3.8) is 0 Å². The fourth-order valence-electron chi connectivity index (χ4n) is 1.96. The van der Waals surface area contributed by atoms with Crippen LogP contribution in [0.15, 0.2) is 22.7 Å². The highest BCUT2D eigenvalue weighted by Crippen LogP contribution is 2.27. The van der Waals surface area contributed by atoms with Crippen LogP contribution in [0.4, 0.5) is 9.59 Å². The maximum atomic E-state index is 11.9. The van der Waals surface area contributed by atoms with E-state index >= 15 is 0 Å². The number of rotatable bonds is 6. The molecule has 1 atom stereocenters. The summed E-state index contributed by atoms with van der Waals surface area (Å²) in [5.41, 5.74) is 4.78. The molecule has 142 valence electrons. The molecule has 9 nitrogen and oxygen atoms in total. The van der Waals surface area contributed by atoms with Crippen LogP contribution in [0.1, 0.15) is 20.8 Å². The van der Waals surface area contributed by atoms with E-state index in [9.17, 15) is 9.59 Å². The Morgan fingerprint density at radius 2 is 2.08 bits per heavy atom. The number of hydrogen-bond donors (Lipinski definition) is 2. The van der Waals surface area contributed by atoms with Crippen molar-refractivity contribution in [1.82, 2.24) is 10.5 Å². The highest BCUT2D eigenvalue weighted by molar-refractivity contribution is 6.31. The standard InChI is InChI=1S/C16H20ClN3O6/c1-16(2,3)25-15(22)19-10(8-24-14(18)21)7-23-13-11-6-9(17)4-5-12(11)26-20-13/h4-6,10H,7-8H2,1-3H3,(H2,18,21)(H,19,22). The van der Waals surface area contributed by atoms with Gasteiger partial charge in [-0.2, -0.15) is 0 Å². The number of halogens is 1. The van der Waals surface area contributed by atoms with Gasteiger partial charge in [0.2, 0.25) is 0 Å². The van der Waals surface area contributed by atoms with Crippen LogP contribution in [-0.2, 0) is 9.47 Å². The van der Waals surface area contributed by atoms with Gasteiger partial charge in [0, 0.05) is 5.02 Å². The van der Waals surface area contributed by atoms with Gasteiger partial charge in [0.05, 0.1) is 5.39 Å². The highest BCUT2D eigenvalue weighted by Gasteiger charge is 2.22. The Morgan fingerprint density at radius 3 is 2.73 bits per heavy atom. The molecule has 1 heterocycles. The molecule has 0 aliphatic carbocycles. The van der Waals surface area contributed by atoms with Crippen LogP contribution in [0, 0.1) is 0 Å². The number of carbonyl (C=O) groups excluding carboxylic acids is 2. The van der Waals surface area contributed by atoms with E-state index < -0.39 is 23.8 Å². The second-order valence-electron chi connectivity index (χ2n) is 6.41. The Balaban J connectivity index is 2.04. The summed E-state index contributed by atoms with van der Waals surface area (Å²) < 4.78 is 20.6. The van der Waals surface area contributed by atoms with E-state index in [4.69, 9.17) is 36.1 Å². The Hall–Kier alpha value is -2.68. The molecule has 0 radical (unpaired) electrons. The molecule has 0 saturated carbocycles. The van der Waals surface area contributed by atoms with Crippen molar-refractivity contribution in [2.24, 2.45) is 5.73 Å². The molecule has 0 bridgehead atoms. The molecule has 2 rings (SSSR count). The molecule has 0 saturated heterocycles. The first-order valence-corrected chi connectivity index (χ1v) is 8.11. The van der Waals surface area contributed by atoms with Crippen LogP contribution in [0.5, 0.6) is 5.88 Å². The number of nitrogens with zero attached hydrogens (tertiary/aromatic N) is 1. The summed E-state index contributed by atoms with van der Waals surface area (Å²) in [7, 11) is 0. The van der Waals surface area contributed by atoms with Gasteiger partial charge < -0.3 is 29.8 Å². The molecule has 10 heteroatoms. The van der Waals surface area contributed by atoms with Crippen molar-refractivity contribution in [2.45, 2.75) is 32.4 Å². The lowest BCUT2D eigenvalue weighted by atomic mass is 10.2. The minimum Gasteiger partial charge on any atom is -0.473 e. The number of nitrogens with two attached hydrogens (primary N) is 1.